The Balaban J connectivity index is 1.69. The first-order valence-corrected chi connectivity index (χ1v) is 22.3. The van der Waals surface area contributed by atoms with Crippen LogP contribution in [0.2, 0.25) is 0 Å². The summed E-state index contributed by atoms with van der Waals surface area (Å²) in [5, 5.41) is 17.2. The number of allylic oxidation sites excluding steroid dienone is 8. The zero-order valence-electron chi connectivity index (χ0n) is 35.8. The van der Waals surface area contributed by atoms with Crippen molar-refractivity contribution in [2.75, 3.05) is 19.1 Å². The third-order valence-corrected chi connectivity index (χ3v) is 13.6. The minimum absolute atomic E-state index is 0.268. The third kappa shape index (κ3) is 8.62. The van der Waals surface area contributed by atoms with Gasteiger partial charge in [0.05, 0.1) is 31.2 Å². The molecule has 0 saturated heterocycles. The van der Waals surface area contributed by atoms with Gasteiger partial charge < -0.3 is 9.47 Å². The maximum atomic E-state index is 12.5. The number of anilines is 1. The highest BCUT2D eigenvalue weighted by atomic mass is 35.5. The number of carbonyl (C=O) groups excluding carboxylic acids is 2. The molecule has 2 aromatic rings. The molecule has 0 amide bonds. The maximum absolute atomic E-state index is 12.5. The molecule has 0 saturated carbocycles. The lowest BCUT2D eigenvalue weighted by Crippen LogP contribution is -2.32. The summed E-state index contributed by atoms with van der Waals surface area (Å²) < 4.78 is 21.7. The van der Waals surface area contributed by atoms with E-state index in [-0.39, 0.29) is 24.1 Å². The van der Waals surface area contributed by atoms with Gasteiger partial charge in [-0.25, -0.2) is 10.5 Å². The molecule has 13 heteroatoms. The fraction of sp³-hybridized carbons (Fsp3) is 0.426. The molecular formula is C47H54ClN2O8S2+. The van der Waals surface area contributed by atoms with E-state index in [4.69, 9.17) is 31.6 Å². The van der Waals surface area contributed by atoms with E-state index in [1.54, 1.807) is 14.2 Å². The van der Waals surface area contributed by atoms with Gasteiger partial charge in [0.15, 0.2) is 0 Å². The first-order chi connectivity index (χ1) is 28.9. The second-order valence-corrected chi connectivity index (χ2v) is 16.5. The smallest absolute Gasteiger partial charge is 0.298 e. The highest BCUT2D eigenvalue weighted by Crippen LogP contribution is 2.54. The zero-order valence-corrected chi connectivity index (χ0v) is 38.2. The molecule has 2 N–H and O–H groups in total. The summed E-state index contributed by atoms with van der Waals surface area (Å²) in [7, 11) is 3.37. The van der Waals surface area contributed by atoms with Crippen LogP contribution in [0.15, 0.2) is 64.4 Å². The number of ether oxygens (including phenoxy) is 2. The maximum Gasteiger partial charge on any atom is 0.298 e. The van der Waals surface area contributed by atoms with Crippen molar-refractivity contribution in [1.82, 2.24) is 0 Å². The molecule has 3 aliphatic rings. The van der Waals surface area contributed by atoms with Gasteiger partial charge in [0, 0.05) is 50.9 Å². The molecule has 1 aliphatic carbocycles. The van der Waals surface area contributed by atoms with Crippen molar-refractivity contribution in [1.29, 1.82) is 0 Å². The normalized spacial score (nSPS) is 17.8. The van der Waals surface area contributed by atoms with Crippen LogP contribution in [0.25, 0.3) is 0 Å². The third-order valence-electron chi connectivity index (χ3n) is 12.5. The summed E-state index contributed by atoms with van der Waals surface area (Å²) in [5.41, 5.74) is 9.94. The van der Waals surface area contributed by atoms with E-state index in [1.165, 1.54) is 0 Å². The van der Waals surface area contributed by atoms with Crippen molar-refractivity contribution in [3.8, 4) is 35.4 Å². The number of rotatable bonds is 13. The molecule has 60 heavy (non-hydrogen) atoms. The van der Waals surface area contributed by atoms with Crippen molar-refractivity contribution in [2.24, 2.45) is 0 Å². The Kier molecular flexibility index (Phi) is 16.0. The summed E-state index contributed by atoms with van der Waals surface area (Å²) in [4.78, 5) is 26.9. The van der Waals surface area contributed by atoms with E-state index in [2.05, 4.69) is 124 Å². The van der Waals surface area contributed by atoms with E-state index in [1.807, 2.05) is 9.48 Å². The number of nitrogens with zero attached hydrogens (tertiary/aromatic N) is 2. The van der Waals surface area contributed by atoms with Crippen molar-refractivity contribution >= 4 is 63.0 Å². The number of fused-ring (bicyclic) bond motifs is 2. The molecular weight excluding hydrogens is 820 g/mol. The Bertz CT molecular complexity index is 2310. The average molecular weight is 875 g/mol. The lowest BCUT2D eigenvalue weighted by atomic mass is 9.72. The Morgan fingerprint density at radius 1 is 0.850 bits per heavy atom. The number of methoxy groups -OCH3 is 2. The van der Waals surface area contributed by atoms with E-state index >= 15 is 0 Å². The van der Waals surface area contributed by atoms with Gasteiger partial charge in [-0.1, -0.05) is 65.3 Å². The van der Waals surface area contributed by atoms with Crippen LogP contribution in [-0.4, -0.2) is 45.3 Å². The number of benzene rings is 2. The SMILES string of the molecule is CCc1cc2c(cc1OC)C(CC)(CC)/C(=C/C=C1\CCCC(/C=C/C3=[N+](C#CC(=O)SOO)c4c(cc(OC)c(CC)c4C)C3(CC)CC)=C1Cl)N2C#CC(=O)SOO. The lowest BCUT2D eigenvalue weighted by Gasteiger charge is -2.30. The van der Waals surface area contributed by atoms with Gasteiger partial charge in [-0.15, -0.1) is 4.58 Å². The van der Waals surface area contributed by atoms with Crippen LogP contribution in [-0.2, 0) is 41.9 Å². The van der Waals surface area contributed by atoms with Gasteiger partial charge in [-0.05, 0) is 111 Å². The summed E-state index contributed by atoms with van der Waals surface area (Å²) in [6.45, 7) is 14.8. The van der Waals surface area contributed by atoms with Gasteiger partial charge in [0.2, 0.25) is 17.4 Å². The number of halogens is 1. The zero-order chi connectivity index (χ0) is 43.8. The fourth-order valence-electron chi connectivity index (χ4n) is 9.26. The molecule has 0 fully saturated rings. The molecule has 0 spiro atoms. The standard InChI is InChI=1S/C47H53ClN2O8S2/c1-10-31-27-37-35(28-38(31)55-8)46(12-3,13-4)40(49(37)25-23-42(51)59-57-53)21-19-32-17-16-18-33(44(32)48)20-22-41-47(14-5,15-6)36-29-39(56-9)34(11-2)30(7)45(36)50(41)26-24-43(52)60-58-54/h19-22,27-29H,10-18H2,1-9H3,(H-,53,54)/p+1. The molecule has 318 valence electrons. The lowest BCUT2D eigenvalue weighted by molar-refractivity contribution is -0.333. The number of hydrogen-bond donors (Lipinski definition) is 2. The van der Waals surface area contributed by atoms with Crippen LogP contribution in [0, 0.1) is 30.9 Å². The predicted octanol–water partition coefficient (Wildman–Crippen LogP) is 11.2. The van der Waals surface area contributed by atoms with Crippen LogP contribution >= 0.6 is 35.7 Å². The van der Waals surface area contributed by atoms with Crippen molar-refractivity contribution in [3.05, 3.63) is 92.2 Å². The van der Waals surface area contributed by atoms with E-state index in [9.17, 15) is 9.59 Å². The Labute approximate surface area is 368 Å². The molecule has 2 aliphatic heterocycles. The topological polar surface area (TPSA) is 118 Å². The van der Waals surface area contributed by atoms with Crippen molar-refractivity contribution in [2.45, 2.75) is 117 Å². The fourth-order valence-corrected chi connectivity index (χ4v) is 9.89. The van der Waals surface area contributed by atoms with Gasteiger partial charge in [0.25, 0.3) is 10.2 Å². The molecule has 0 aromatic heterocycles. The Morgan fingerprint density at radius 2 is 1.48 bits per heavy atom. The van der Waals surface area contributed by atoms with Crippen LogP contribution in [0.4, 0.5) is 11.4 Å². The molecule has 2 aromatic carbocycles. The molecule has 0 unspecified atom stereocenters. The first-order valence-electron chi connectivity index (χ1n) is 20.4. The first kappa shape index (κ1) is 46.8. The summed E-state index contributed by atoms with van der Waals surface area (Å²) >= 11 is 7.88. The highest BCUT2D eigenvalue weighted by molar-refractivity contribution is 8.10. The highest BCUT2D eigenvalue weighted by Gasteiger charge is 2.51. The van der Waals surface area contributed by atoms with Gasteiger partial charge in [-0.2, -0.15) is 8.67 Å². The van der Waals surface area contributed by atoms with E-state index < -0.39 is 21.1 Å². The Hall–Kier alpha value is -4.24. The van der Waals surface area contributed by atoms with Crippen molar-refractivity contribution in [3.63, 3.8) is 0 Å². The number of aryl methyl sites for hydroxylation is 1. The van der Waals surface area contributed by atoms with Gasteiger partial charge >= 0.3 is 0 Å². The monoisotopic (exact) mass is 873 g/mol. The van der Waals surface area contributed by atoms with Gasteiger partial charge in [-0.3, -0.25) is 14.5 Å². The largest absolute Gasteiger partial charge is 0.496 e. The number of hydrogen-bond acceptors (Lipinski definition) is 11. The summed E-state index contributed by atoms with van der Waals surface area (Å²) in [6.07, 6.45) is 15.3. The summed E-state index contributed by atoms with van der Waals surface area (Å²) in [5.74, 6) is 6.90. The predicted molar refractivity (Wildman–Crippen MR) is 242 cm³/mol. The van der Waals surface area contributed by atoms with Crippen LogP contribution < -0.4 is 14.4 Å². The van der Waals surface area contributed by atoms with Crippen LogP contribution in [0.1, 0.15) is 114 Å². The van der Waals surface area contributed by atoms with Gasteiger partial charge in [0.1, 0.15) is 35.6 Å². The van der Waals surface area contributed by atoms with E-state index in [0.717, 1.165) is 131 Å². The minimum atomic E-state index is -0.631. The quantitative estimate of drug-likeness (QED) is 0.0658. The summed E-state index contributed by atoms with van der Waals surface area (Å²) in [6, 6.07) is 12.5. The average Bonchev–Trinajstić information content (AvgIpc) is 3.68. The molecule has 0 bridgehead atoms. The van der Waals surface area contributed by atoms with Crippen LogP contribution in [0.3, 0.4) is 0 Å². The van der Waals surface area contributed by atoms with Crippen molar-refractivity contribution < 1.29 is 42.8 Å². The molecule has 5 rings (SSSR count). The van der Waals surface area contributed by atoms with Crippen LogP contribution in [0.5, 0.6) is 11.5 Å². The second-order valence-electron chi connectivity index (χ2n) is 14.7. The molecule has 10 nitrogen and oxygen atoms in total. The molecule has 2 heterocycles. The molecule has 0 radical (unpaired) electrons. The minimum Gasteiger partial charge on any atom is -0.496 e. The number of carbonyl (C=O) groups is 2. The molecule has 0 atom stereocenters. The van der Waals surface area contributed by atoms with E-state index in [0.29, 0.717) is 5.03 Å². The Morgan fingerprint density at radius 3 is 2.07 bits per heavy atom. The second kappa shape index (κ2) is 20.5.